The molecular weight excluding hydrogens is 250 g/mol. The number of nitrogens with zero attached hydrogens (tertiary/aromatic N) is 4. The standard InChI is InChI=1S/C11H15N5O3/c1-14-5-7-2-3-8(6-14)15(7)11(17)9-4-10(13-12-9)16(18)19/h4,7-8H,2-3,5-6H2,1H3,(H,12,13). The van der Waals surface area contributed by atoms with Gasteiger partial charge in [0.05, 0.1) is 6.07 Å². The van der Waals surface area contributed by atoms with Crippen LogP contribution in [0.4, 0.5) is 5.82 Å². The van der Waals surface area contributed by atoms with Crippen LogP contribution in [0.25, 0.3) is 0 Å². The topological polar surface area (TPSA) is 95.4 Å². The van der Waals surface area contributed by atoms with Crippen LogP contribution in [0, 0.1) is 10.1 Å². The van der Waals surface area contributed by atoms with Crippen molar-refractivity contribution in [2.24, 2.45) is 0 Å². The largest absolute Gasteiger partial charge is 0.358 e. The number of fused-ring (bicyclic) bond motifs is 2. The van der Waals surface area contributed by atoms with Crippen LogP contribution < -0.4 is 0 Å². The average Bonchev–Trinajstić information content (AvgIpc) is 2.93. The quantitative estimate of drug-likeness (QED) is 0.610. The monoisotopic (exact) mass is 265 g/mol. The Morgan fingerprint density at radius 3 is 2.63 bits per heavy atom. The molecule has 102 valence electrons. The number of piperazine rings is 1. The van der Waals surface area contributed by atoms with E-state index in [1.165, 1.54) is 6.07 Å². The Balaban J connectivity index is 1.82. The molecule has 0 spiro atoms. The molecule has 2 unspecified atom stereocenters. The minimum atomic E-state index is -0.581. The molecule has 19 heavy (non-hydrogen) atoms. The van der Waals surface area contributed by atoms with Gasteiger partial charge in [0.15, 0.2) is 5.69 Å². The van der Waals surface area contributed by atoms with E-state index in [1.54, 1.807) is 0 Å². The minimum absolute atomic E-state index is 0.133. The summed E-state index contributed by atoms with van der Waals surface area (Å²) in [4.78, 5) is 26.5. The molecule has 1 N–H and O–H groups in total. The van der Waals surface area contributed by atoms with E-state index in [9.17, 15) is 14.9 Å². The van der Waals surface area contributed by atoms with Gasteiger partial charge < -0.3 is 19.9 Å². The maximum absolute atomic E-state index is 12.4. The van der Waals surface area contributed by atoms with Gasteiger partial charge in [-0.25, -0.2) is 0 Å². The van der Waals surface area contributed by atoms with E-state index in [-0.39, 0.29) is 29.5 Å². The average molecular weight is 265 g/mol. The normalized spacial score (nSPS) is 26.7. The van der Waals surface area contributed by atoms with Gasteiger partial charge in [0.1, 0.15) is 0 Å². The summed E-state index contributed by atoms with van der Waals surface area (Å²) in [6.07, 6.45) is 1.99. The highest BCUT2D eigenvalue weighted by molar-refractivity contribution is 5.93. The Morgan fingerprint density at radius 2 is 2.11 bits per heavy atom. The fourth-order valence-corrected chi connectivity index (χ4v) is 3.09. The lowest BCUT2D eigenvalue weighted by molar-refractivity contribution is -0.389. The predicted octanol–water partition coefficient (Wildman–Crippen LogP) is 0.236. The number of likely N-dealkylation sites (N-methyl/N-ethyl adjacent to an activating group) is 1. The lowest BCUT2D eigenvalue weighted by atomic mass is 10.2. The van der Waals surface area contributed by atoms with Crippen LogP contribution in [-0.4, -0.2) is 63.0 Å². The maximum Gasteiger partial charge on any atom is 0.343 e. The van der Waals surface area contributed by atoms with Crippen molar-refractivity contribution < 1.29 is 9.72 Å². The maximum atomic E-state index is 12.4. The number of likely N-dealkylation sites (tertiary alicyclic amines) is 1. The molecule has 0 aliphatic carbocycles. The fraction of sp³-hybridized carbons (Fsp3) is 0.636. The summed E-state index contributed by atoms with van der Waals surface area (Å²) in [6.45, 7) is 1.71. The van der Waals surface area contributed by atoms with Gasteiger partial charge in [0.2, 0.25) is 0 Å². The van der Waals surface area contributed by atoms with Gasteiger partial charge in [0, 0.05) is 25.2 Å². The lowest BCUT2D eigenvalue weighted by Gasteiger charge is -2.39. The third kappa shape index (κ3) is 1.97. The minimum Gasteiger partial charge on any atom is -0.358 e. The number of hydrogen-bond acceptors (Lipinski definition) is 5. The van der Waals surface area contributed by atoms with Crippen molar-refractivity contribution in [1.29, 1.82) is 0 Å². The summed E-state index contributed by atoms with van der Waals surface area (Å²) < 4.78 is 0. The summed E-state index contributed by atoms with van der Waals surface area (Å²) in [7, 11) is 2.05. The number of H-pyrrole nitrogens is 1. The zero-order valence-electron chi connectivity index (χ0n) is 10.6. The number of nitro groups is 1. The molecule has 2 atom stereocenters. The molecule has 1 amide bonds. The van der Waals surface area contributed by atoms with E-state index >= 15 is 0 Å². The summed E-state index contributed by atoms with van der Waals surface area (Å²) in [5.74, 6) is -0.449. The molecule has 0 aromatic carbocycles. The Hall–Kier alpha value is -1.96. The molecular formula is C11H15N5O3. The highest BCUT2D eigenvalue weighted by Crippen LogP contribution is 2.30. The number of hydrogen-bond donors (Lipinski definition) is 1. The Morgan fingerprint density at radius 1 is 1.47 bits per heavy atom. The second kappa shape index (κ2) is 4.30. The first-order chi connectivity index (χ1) is 9.06. The van der Waals surface area contributed by atoms with Gasteiger partial charge in [-0.3, -0.25) is 4.79 Å². The van der Waals surface area contributed by atoms with E-state index < -0.39 is 4.92 Å². The molecule has 2 bridgehead atoms. The number of nitrogens with one attached hydrogen (secondary N) is 1. The molecule has 8 nitrogen and oxygen atoms in total. The molecule has 3 rings (SSSR count). The summed E-state index contributed by atoms with van der Waals surface area (Å²) in [5, 5.41) is 16.6. The van der Waals surface area contributed by atoms with E-state index in [0.29, 0.717) is 0 Å². The fourth-order valence-electron chi connectivity index (χ4n) is 3.09. The van der Waals surface area contributed by atoms with Crippen LogP contribution in [0.3, 0.4) is 0 Å². The van der Waals surface area contributed by atoms with E-state index in [4.69, 9.17) is 0 Å². The van der Waals surface area contributed by atoms with Gasteiger partial charge in [-0.2, -0.15) is 0 Å². The van der Waals surface area contributed by atoms with Crippen LogP contribution in [0.2, 0.25) is 0 Å². The van der Waals surface area contributed by atoms with Crippen LogP contribution in [0.1, 0.15) is 23.3 Å². The van der Waals surface area contributed by atoms with Crippen molar-refractivity contribution in [3.63, 3.8) is 0 Å². The van der Waals surface area contributed by atoms with E-state index in [0.717, 1.165) is 25.9 Å². The smallest absolute Gasteiger partial charge is 0.343 e. The van der Waals surface area contributed by atoms with Crippen molar-refractivity contribution in [3.05, 3.63) is 21.9 Å². The summed E-state index contributed by atoms with van der Waals surface area (Å²) >= 11 is 0. The summed E-state index contributed by atoms with van der Waals surface area (Å²) in [5.41, 5.74) is 0.133. The van der Waals surface area contributed by atoms with Gasteiger partial charge in [0.25, 0.3) is 5.91 Å². The van der Waals surface area contributed by atoms with Crippen molar-refractivity contribution in [1.82, 2.24) is 20.0 Å². The first-order valence-electron chi connectivity index (χ1n) is 6.27. The number of amides is 1. The van der Waals surface area contributed by atoms with Gasteiger partial charge >= 0.3 is 5.82 Å². The van der Waals surface area contributed by atoms with E-state index in [2.05, 4.69) is 15.1 Å². The van der Waals surface area contributed by atoms with E-state index in [1.807, 2.05) is 11.9 Å². The van der Waals surface area contributed by atoms with Gasteiger partial charge in [-0.15, -0.1) is 5.10 Å². The van der Waals surface area contributed by atoms with Crippen LogP contribution in [0.5, 0.6) is 0 Å². The van der Waals surface area contributed by atoms with Crippen molar-refractivity contribution in [3.8, 4) is 0 Å². The second-order valence-corrected chi connectivity index (χ2v) is 5.21. The summed E-state index contributed by atoms with van der Waals surface area (Å²) in [6, 6.07) is 1.61. The predicted molar refractivity (Wildman–Crippen MR) is 65.7 cm³/mol. The molecule has 2 aliphatic rings. The number of carbonyl (C=O) groups excluding carboxylic acids is 1. The number of aromatic nitrogens is 2. The third-order valence-corrected chi connectivity index (χ3v) is 3.88. The first kappa shape index (κ1) is 12.1. The van der Waals surface area contributed by atoms with Crippen LogP contribution in [-0.2, 0) is 0 Å². The number of rotatable bonds is 2. The zero-order chi connectivity index (χ0) is 13.6. The van der Waals surface area contributed by atoms with Crippen molar-refractivity contribution in [2.75, 3.05) is 20.1 Å². The van der Waals surface area contributed by atoms with Crippen molar-refractivity contribution >= 4 is 11.7 Å². The van der Waals surface area contributed by atoms with Crippen LogP contribution >= 0.6 is 0 Å². The Kier molecular flexibility index (Phi) is 2.74. The van der Waals surface area contributed by atoms with Gasteiger partial charge in [-0.1, -0.05) is 5.10 Å². The molecule has 2 fully saturated rings. The lowest BCUT2D eigenvalue weighted by Crippen LogP contribution is -2.54. The molecule has 1 aromatic rings. The molecule has 0 saturated carbocycles. The molecule has 2 saturated heterocycles. The Bertz CT molecular complexity index is 514. The third-order valence-electron chi connectivity index (χ3n) is 3.88. The zero-order valence-corrected chi connectivity index (χ0v) is 10.6. The molecule has 1 aromatic heterocycles. The number of aromatic amines is 1. The molecule has 3 heterocycles. The van der Waals surface area contributed by atoms with Crippen molar-refractivity contribution in [2.45, 2.75) is 24.9 Å². The Labute approximate surface area is 109 Å². The highest BCUT2D eigenvalue weighted by Gasteiger charge is 2.42. The van der Waals surface area contributed by atoms with Crippen LogP contribution in [0.15, 0.2) is 6.07 Å². The number of carbonyl (C=O) groups is 1. The molecule has 0 radical (unpaired) electrons. The molecule has 2 aliphatic heterocycles. The van der Waals surface area contributed by atoms with Gasteiger partial charge in [-0.05, 0) is 24.8 Å². The molecule has 8 heteroatoms. The SMILES string of the molecule is CN1CC2CCC(C1)N2C(=O)c1cc([N+](=O)[O-])[nH]n1. The first-order valence-corrected chi connectivity index (χ1v) is 6.27. The second-order valence-electron chi connectivity index (χ2n) is 5.21. The highest BCUT2D eigenvalue weighted by atomic mass is 16.6.